The first kappa shape index (κ1) is 47.7. The molecule has 68 heavy (non-hydrogen) atoms. The van der Waals surface area contributed by atoms with Crippen LogP contribution in [0.4, 0.5) is 5.13 Å². The van der Waals surface area contributed by atoms with Crippen molar-refractivity contribution in [3.05, 3.63) is 202 Å². The summed E-state index contributed by atoms with van der Waals surface area (Å²) in [5, 5.41) is 12.3. The first-order chi connectivity index (χ1) is 32.7. The number of esters is 2. The molecular weight excluding hydrogens is 918 g/mol. The second-order valence-electron chi connectivity index (χ2n) is 17.6. The fourth-order valence-corrected chi connectivity index (χ4v) is 10.3. The van der Waals surface area contributed by atoms with Crippen molar-refractivity contribution < 1.29 is 33.5 Å². The molecular formula is C53H50ClN5O7S2. The Morgan fingerprint density at radius 1 is 0.779 bits per heavy atom. The van der Waals surface area contributed by atoms with Crippen molar-refractivity contribution in [3.63, 3.8) is 0 Å². The van der Waals surface area contributed by atoms with Gasteiger partial charge in [0.2, 0.25) is 5.60 Å². The summed E-state index contributed by atoms with van der Waals surface area (Å²) in [6, 6.07) is 47.5. The predicted octanol–water partition coefficient (Wildman–Crippen LogP) is 9.61. The summed E-state index contributed by atoms with van der Waals surface area (Å²) in [7, 11) is 0. The summed E-state index contributed by atoms with van der Waals surface area (Å²) in [6.07, 6.45) is -0.770. The second-order valence-corrected chi connectivity index (χ2v) is 19.8. The molecule has 2 atom stereocenters. The molecule has 2 N–H and O–H groups in total. The maximum atomic E-state index is 14.6. The highest BCUT2D eigenvalue weighted by Gasteiger charge is 2.55. The van der Waals surface area contributed by atoms with Crippen LogP contribution in [0.5, 0.6) is 0 Å². The van der Waals surface area contributed by atoms with Gasteiger partial charge in [0.25, 0.3) is 11.8 Å². The Hall–Kier alpha value is -6.74. The molecule has 0 saturated carbocycles. The van der Waals surface area contributed by atoms with Crippen molar-refractivity contribution in [2.45, 2.75) is 68.9 Å². The molecule has 12 nitrogen and oxygen atoms in total. The van der Waals surface area contributed by atoms with Gasteiger partial charge in [-0.25, -0.2) is 14.6 Å². The Bertz CT molecular complexity index is 2680. The molecule has 1 saturated heterocycles. The Labute approximate surface area is 408 Å². The van der Waals surface area contributed by atoms with Gasteiger partial charge < -0.3 is 24.9 Å². The smallest absolute Gasteiger partial charge is 0.356 e. The third kappa shape index (κ3) is 10.1. The zero-order chi connectivity index (χ0) is 48.1. The van der Waals surface area contributed by atoms with Gasteiger partial charge in [0, 0.05) is 17.0 Å². The minimum absolute atomic E-state index is 0.0197. The van der Waals surface area contributed by atoms with Gasteiger partial charge in [0.05, 0.1) is 0 Å². The Morgan fingerprint density at radius 2 is 1.28 bits per heavy atom. The zero-order valence-corrected chi connectivity index (χ0v) is 40.4. The molecule has 5 aromatic carbocycles. The number of thiazole rings is 1. The summed E-state index contributed by atoms with van der Waals surface area (Å²) >= 11 is 9.01. The molecule has 0 spiro atoms. The molecule has 1 aromatic heterocycles. The monoisotopic (exact) mass is 967 g/mol. The van der Waals surface area contributed by atoms with Crippen molar-refractivity contribution in [2.24, 2.45) is 5.16 Å². The number of oxime groups is 1. The number of anilines is 1. The second kappa shape index (κ2) is 20.2. The molecule has 1 fully saturated rings. The molecule has 0 aliphatic carbocycles. The average molecular weight is 969 g/mol. The lowest BCUT2D eigenvalue weighted by Gasteiger charge is -2.49. The number of thioether (sulfide) groups is 1. The van der Waals surface area contributed by atoms with Crippen LogP contribution >= 0.6 is 34.7 Å². The summed E-state index contributed by atoms with van der Waals surface area (Å²) in [4.78, 5) is 68.6. The van der Waals surface area contributed by atoms with Gasteiger partial charge >= 0.3 is 11.9 Å². The van der Waals surface area contributed by atoms with Gasteiger partial charge in [-0.3, -0.25) is 14.5 Å². The number of halogens is 1. The third-order valence-electron chi connectivity index (χ3n) is 11.3. The number of aromatic nitrogens is 1. The lowest BCUT2D eigenvalue weighted by atomic mass is 9.77. The van der Waals surface area contributed by atoms with Crippen molar-refractivity contribution in [1.82, 2.24) is 15.2 Å². The predicted molar refractivity (Wildman–Crippen MR) is 266 cm³/mol. The van der Waals surface area contributed by atoms with Gasteiger partial charge in [-0.05, 0) is 68.0 Å². The molecule has 0 radical (unpaired) electrons. The Morgan fingerprint density at radius 3 is 1.76 bits per heavy atom. The number of benzene rings is 5. The van der Waals surface area contributed by atoms with E-state index >= 15 is 0 Å². The topological polar surface area (TPSA) is 149 Å². The van der Waals surface area contributed by atoms with E-state index in [0.29, 0.717) is 16.5 Å². The summed E-state index contributed by atoms with van der Waals surface area (Å²) in [5.41, 5.74) is 1.27. The zero-order valence-electron chi connectivity index (χ0n) is 38.1. The molecule has 2 aliphatic heterocycles. The number of fused-ring (bicyclic) bond motifs is 1. The van der Waals surface area contributed by atoms with Crippen molar-refractivity contribution >= 4 is 69.3 Å². The molecule has 6 aromatic rings. The maximum Gasteiger partial charge on any atom is 0.356 e. The highest BCUT2D eigenvalue weighted by molar-refractivity contribution is 8.00. The fraction of sp³-hybridized carbons (Fsp3) is 0.245. The molecule has 8 rings (SSSR count). The van der Waals surface area contributed by atoms with E-state index in [0.717, 1.165) is 27.8 Å². The number of hydrogen-bond donors (Lipinski definition) is 2. The standard InChI is InChI=1S/C53H50ClN5O7S2/c1-51(2,3)65-49(63)52(4,5)66-58-41(40-33-68-50(55-40)57-53(37-25-15-8-16-26-37,38-27-17-9-18-28-38)39-29-19-10-20-30-39)45(60)56-42-46(61)59-43(36(31-54)32-67-47(42)59)48(62)64-44(34-21-11-6-12-22-34)35-23-13-7-14-24-35/h6-30,33,42,44,47H,31-32H2,1-5H3,(H,55,57)(H,56,60)/b58-41+/t42?,47-/m1/s1. The van der Waals surface area contributed by atoms with Crippen molar-refractivity contribution in [1.29, 1.82) is 0 Å². The minimum Gasteiger partial charge on any atom is -0.457 e. The SMILES string of the molecule is CC(C)(C)OC(=O)C(C)(C)O/N=C(/C(=O)NC1C(=O)N2C(C(=O)OC(c3ccccc3)c3ccccc3)=C(CCl)CS[C@H]12)c1csc(NC(c2ccccc2)(c2ccccc2)c2ccccc2)n1. The highest BCUT2D eigenvalue weighted by Crippen LogP contribution is 2.43. The maximum absolute atomic E-state index is 14.6. The lowest BCUT2D eigenvalue weighted by molar-refractivity contribution is -0.179. The van der Waals surface area contributed by atoms with Crippen LogP contribution in [0.2, 0.25) is 0 Å². The van der Waals surface area contributed by atoms with Crippen LogP contribution in [0.3, 0.4) is 0 Å². The number of carbonyl (C=O) groups excluding carboxylic acids is 4. The number of β-lactam (4-membered cyclic amide) rings is 1. The number of carbonyl (C=O) groups is 4. The van der Waals surface area contributed by atoms with E-state index in [-0.39, 0.29) is 23.0 Å². The number of nitrogens with zero attached hydrogens (tertiary/aromatic N) is 3. The van der Waals surface area contributed by atoms with E-state index in [1.165, 1.54) is 41.8 Å². The van der Waals surface area contributed by atoms with Crippen LogP contribution in [-0.4, -0.2) is 73.6 Å². The normalized spacial score (nSPS) is 16.4. The number of hydrogen-bond acceptors (Lipinski definition) is 12. The van der Waals surface area contributed by atoms with Gasteiger partial charge in [0.1, 0.15) is 33.9 Å². The van der Waals surface area contributed by atoms with Crippen LogP contribution in [0.25, 0.3) is 0 Å². The van der Waals surface area contributed by atoms with E-state index in [2.05, 4.69) is 15.8 Å². The van der Waals surface area contributed by atoms with Crippen LogP contribution in [0.1, 0.15) is 74.2 Å². The van der Waals surface area contributed by atoms with E-state index in [4.69, 9.17) is 30.9 Å². The van der Waals surface area contributed by atoms with E-state index < -0.39 is 58.0 Å². The summed E-state index contributed by atoms with van der Waals surface area (Å²) in [5.74, 6) is -2.49. The van der Waals surface area contributed by atoms with Crippen LogP contribution in [0, 0.1) is 0 Å². The van der Waals surface area contributed by atoms with Gasteiger partial charge in [-0.1, -0.05) is 157 Å². The van der Waals surface area contributed by atoms with E-state index in [1.54, 1.807) is 26.2 Å². The largest absolute Gasteiger partial charge is 0.457 e. The summed E-state index contributed by atoms with van der Waals surface area (Å²) < 4.78 is 11.8. The molecule has 0 bridgehead atoms. The third-order valence-corrected chi connectivity index (χ3v) is 13.7. The minimum atomic E-state index is -1.64. The van der Waals surface area contributed by atoms with E-state index in [9.17, 15) is 19.2 Å². The molecule has 1 unspecified atom stereocenters. The number of nitrogens with one attached hydrogen (secondary N) is 2. The number of rotatable bonds is 16. The first-order valence-corrected chi connectivity index (χ1v) is 24.4. The number of amides is 2. The molecule has 3 heterocycles. The first-order valence-electron chi connectivity index (χ1n) is 21.9. The number of ether oxygens (including phenoxy) is 2. The van der Waals surface area contributed by atoms with Crippen LogP contribution in [0.15, 0.2) is 173 Å². The lowest BCUT2D eigenvalue weighted by Crippen LogP contribution is -2.71. The van der Waals surface area contributed by atoms with Gasteiger partial charge in [0.15, 0.2) is 16.9 Å². The molecule has 2 amide bonds. The fourth-order valence-electron chi connectivity index (χ4n) is 7.92. The summed E-state index contributed by atoms with van der Waals surface area (Å²) in [6.45, 7) is 8.16. The molecule has 348 valence electrons. The van der Waals surface area contributed by atoms with Crippen LogP contribution < -0.4 is 10.6 Å². The average Bonchev–Trinajstić information content (AvgIpc) is 3.82. The van der Waals surface area contributed by atoms with Crippen LogP contribution in [-0.2, 0) is 39.0 Å². The number of alkyl halides is 1. The van der Waals surface area contributed by atoms with Crippen molar-refractivity contribution in [2.75, 3.05) is 16.9 Å². The quantitative estimate of drug-likeness (QED) is 0.0240. The van der Waals surface area contributed by atoms with Crippen molar-refractivity contribution in [3.8, 4) is 0 Å². The Balaban J connectivity index is 1.10. The molecule has 15 heteroatoms. The van der Waals surface area contributed by atoms with Gasteiger partial charge in [-0.2, -0.15) is 0 Å². The van der Waals surface area contributed by atoms with Gasteiger partial charge in [-0.15, -0.1) is 34.7 Å². The molecule has 2 aliphatic rings. The Kier molecular flexibility index (Phi) is 14.2. The van der Waals surface area contributed by atoms with E-state index in [1.807, 2.05) is 152 Å². The highest BCUT2D eigenvalue weighted by atomic mass is 35.5.